The Morgan fingerprint density at radius 1 is 0.963 bits per heavy atom. The van der Waals surface area contributed by atoms with Crippen LogP contribution in [-0.2, 0) is 4.79 Å². The van der Waals surface area contributed by atoms with Crippen LogP contribution in [-0.4, -0.2) is 11.1 Å². The highest BCUT2D eigenvalue weighted by atomic mass is 16.4. The van der Waals surface area contributed by atoms with E-state index in [-0.39, 0.29) is 0 Å². The Hall–Kier alpha value is -2.09. The molecule has 2 heteroatoms. The molecule has 0 heterocycles. The maximum atomic E-state index is 10.8. The average molecular weight is 367 g/mol. The summed E-state index contributed by atoms with van der Waals surface area (Å²) in [5, 5.41) is 8.89. The van der Waals surface area contributed by atoms with Crippen molar-refractivity contribution in [3.63, 3.8) is 0 Å². The molecule has 2 nitrogen and oxygen atoms in total. The van der Waals surface area contributed by atoms with Crippen molar-refractivity contribution in [2.45, 2.75) is 71.1 Å². The smallest absolute Gasteiger partial charge is 0.328 e. The van der Waals surface area contributed by atoms with Crippen molar-refractivity contribution in [3.8, 4) is 0 Å². The predicted octanol–water partition coefficient (Wildman–Crippen LogP) is 7.19. The Morgan fingerprint density at radius 2 is 1.67 bits per heavy atom. The van der Waals surface area contributed by atoms with Crippen LogP contribution in [0.1, 0.15) is 76.7 Å². The van der Waals surface area contributed by atoms with Gasteiger partial charge in [0.15, 0.2) is 0 Å². The quantitative estimate of drug-likeness (QED) is 0.452. The normalized spacial score (nSPS) is 22.3. The molecule has 1 aliphatic carbocycles. The molecule has 27 heavy (non-hydrogen) atoms. The van der Waals surface area contributed by atoms with Gasteiger partial charge in [0.1, 0.15) is 0 Å². The van der Waals surface area contributed by atoms with Gasteiger partial charge >= 0.3 is 5.97 Å². The molecule has 0 aliphatic heterocycles. The van der Waals surface area contributed by atoms with Crippen LogP contribution < -0.4 is 0 Å². The summed E-state index contributed by atoms with van der Waals surface area (Å²) in [7, 11) is 0. The van der Waals surface area contributed by atoms with Gasteiger partial charge in [-0.15, -0.1) is 0 Å². The van der Waals surface area contributed by atoms with E-state index in [4.69, 9.17) is 5.11 Å². The number of hydrogen-bond acceptors (Lipinski definition) is 1. The number of carboxylic acid groups (broad SMARTS) is 1. The van der Waals surface area contributed by atoms with Gasteiger partial charge in [-0.3, -0.25) is 0 Å². The minimum Gasteiger partial charge on any atom is -0.478 e. The van der Waals surface area contributed by atoms with Gasteiger partial charge in [-0.2, -0.15) is 0 Å². The summed E-state index contributed by atoms with van der Waals surface area (Å²) in [6.07, 6.45) is 20.5. The Balaban J connectivity index is 2.07. The van der Waals surface area contributed by atoms with Crippen LogP contribution in [0.3, 0.4) is 0 Å². The molecule has 0 spiro atoms. The van der Waals surface area contributed by atoms with Gasteiger partial charge < -0.3 is 5.11 Å². The van der Waals surface area contributed by atoms with Crippen molar-refractivity contribution in [1.29, 1.82) is 0 Å². The zero-order chi connectivity index (χ0) is 19.3. The Morgan fingerprint density at radius 3 is 2.41 bits per heavy atom. The number of carboxylic acids is 1. The predicted molar refractivity (Wildman–Crippen MR) is 115 cm³/mol. The second-order valence-electron chi connectivity index (χ2n) is 7.76. The van der Waals surface area contributed by atoms with Gasteiger partial charge in [-0.05, 0) is 56.1 Å². The van der Waals surface area contributed by atoms with E-state index in [9.17, 15) is 4.79 Å². The fourth-order valence-electron chi connectivity index (χ4n) is 3.76. The lowest BCUT2D eigenvalue weighted by molar-refractivity contribution is -0.131. The lowest BCUT2D eigenvalue weighted by Gasteiger charge is -2.16. The monoisotopic (exact) mass is 366 g/mol. The number of hydrogen-bond donors (Lipinski definition) is 1. The summed E-state index contributed by atoms with van der Waals surface area (Å²) in [5.74, 6) is -0.343. The molecule has 0 aromatic heterocycles. The third-order valence-electron chi connectivity index (χ3n) is 5.31. The summed E-state index contributed by atoms with van der Waals surface area (Å²) >= 11 is 0. The molecule has 1 atom stereocenters. The van der Waals surface area contributed by atoms with Crippen molar-refractivity contribution in [2.75, 3.05) is 0 Å². The van der Waals surface area contributed by atoms with Gasteiger partial charge in [0.25, 0.3) is 0 Å². The number of carbonyl (C=O) groups is 1. The van der Waals surface area contributed by atoms with Crippen LogP contribution in [0.15, 0.2) is 59.7 Å². The van der Waals surface area contributed by atoms with Crippen LogP contribution >= 0.6 is 0 Å². The molecule has 2 rings (SSSR count). The van der Waals surface area contributed by atoms with E-state index in [1.54, 1.807) is 5.57 Å². The fraction of sp³-hybridized carbons (Fsp3) is 0.480. The van der Waals surface area contributed by atoms with Crippen LogP contribution in [0.2, 0.25) is 0 Å². The Kier molecular flexibility index (Phi) is 9.68. The van der Waals surface area contributed by atoms with Crippen molar-refractivity contribution >= 4 is 12.0 Å². The number of rotatable bonds is 4. The van der Waals surface area contributed by atoms with Gasteiger partial charge in [0, 0.05) is 6.08 Å². The minimum atomic E-state index is -0.871. The van der Waals surface area contributed by atoms with Gasteiger partial charge in [0.05, 0.1) is 0 Å². The lowest BCUT2D eigenvalue weighted by atomic mass is 9.89. The van der Waals surface area contributed by atoms with Crippen LogP contribution in [0.5, 0.6) is 0 Å². The summed E-state index contributed by atoms with van der Waals surface area (Å²) in [5.41, 5.74) is 3.67. The van der Waals surface area contributed by atoms with E-state index in [0.717, 1.165) is 18.4 Å². The lowest BCUT2D eigenvalue weighted by Crippen LogP contribution is -2.00. The molecule has 1 N–H and O–H groups in total. The second kappa shape index (κ2) is 12.3. The molecule has 1 aliphatic rings. The van der Waals surface area contributed by atoms with Crippen LogP contribution in [0.4, 0.5) is 0 Å². The molecule has 1 unspecified atom stereocenters. The van der Waals surface area contributed by atoms with E-state index in [0.29, 0.717) is 5.92 Å². The largest absolute Gasteiger partial charge is 0.478 e. The molecular formula is C25H34O2. The zero-order valence-electron chi connectivity index (χ0n) is 16.7. The minimum absolute atomic E-state index is 0.528. The zero-order valence-corrected chi connectivity index (χ0v) is 16.7. The van der Waals surface area contributed by atoms with E-state index < -0.39 is 5.97 Å². The summed E-state index contributed by atoms with van der Waals surface area (Å²) in [6, 6.07) is 10.6. The van der Waals surface area contributed by atoms with Gasteiger partial charge in [-0.1, -0.05) is 86.2 Å². The first kappa shape index (κ1) is 21.2. The number of aliphatic carboxylic acids is 1. The van der Waals surface area contributed by atoms with Gasteiger partial charge in [0.2, 0.25) is 0 Å². The van der Waals surface area contributed by atoms with E-state index in [1.165, 1.54) is 63.0 Å². The maximum absolute atomic E-state index is 10.8. The molecule has 0 bridgehead atoms. The highest BCUT2D eigenvalue weighted by Crippen LogP contribution is 2.26. The van der Waals surface area contributed by atoms with Crippen molar-refractivity contribution < 1.29 is 9.90 Å². The van der Waals surface area contributed by atoms with Crippen LogP contribution in [0.25, 0.3) is 6.08 Å². The SMILES string of the molecule is CC(C=CC1CCCCCCCCC(=Cc2ccccc2)CC1)=CC(=O)O. The highest BCUT2D eigenvalue weighted by Gasteiger charge is 2.09. The Labute approximate surface area is 164 Å². The summed E-state index contributed by atoms with van der Waals surface area (Å²) < 4.78 is 0. The van der Waals surface area contributed by atoms with E-state index in [2.05, 4.69) is 42.5 Å². The molecule has 1 saturated carbocycles. The van der Waals surface area contributed by atoms with Crippen molar-refractivity contribution in [2.24, 2.45) is 5.92 Å². The van der Waals surface area contributed by atoms with E-state index in [1.807, 2.05) is 13.0 Å². The number of allylic oxidation sites excluding steroid dienone is 4. The third-order valence-corrected chi connectivity index (χ3v) is 5.31. The summed E-state index contributed by atoms with van der Waals surface area (Å²) in [4.78, 5) is 10.8. The van der Waals surface area contributed by atoms with Crippen molar-refractivity contribution in [3.05, 3.63) is 65.3 Å². The molecule has 146 valence electrons. The Bertz CT molecular complexity index is 652. The molecule has 1 aromatic carbocycles. The molecule has 0 amide bonds. The van der Waals surface area contributed by atoms with Crippen molar-refractivity contribution in [1.82, 2.24) is 0 Å². The molecule has 1 aromatic rings. The standard InChI is InChI=1S/C25H34O2/c1-21(19-25(26)27)15-16-22-11-7-4-2-3-5-8-14-24(18-17-22)20-23-12-9-6-10-13-23/h6,9-10,12-13,15-16,19-20,22H,2-5,7-8,11,14,17-18H2,1H3,(H,26,27). The average Bonchev–Trinajstić information content (AvgIpc) is 2.63. The third kappa shape index (κ3) is 9.42. The molecule has 0 saturated heterocycles. The van der Waals surface area contributed by atoms with E-state index >= 15 is 0 Å². The van der Waals surface area contributed by atoms with Crippen LogP contribution in [0, 0.1) is 5.92 Å². The molecule has 0 radical (unpaired) electrons. The maximum Gasteiger partial charge on any atom is 0.328 e. The first-order valence-corrected chi connectivity index (χ1v) is 10.5. The van der Waals surface area contributed by atoms with Gasteiger partial charge in [-0.25, -0.2) is 4.79 Å². The summed E-state index contributed by atoms with van der Waals surface area (Å²) in [6.45, 7) is 1.86. The molecular weight excluding hydrogens is 332 g/mol. The first-order chi connectivity index (χ1) is 13.1. The first-order valence-electron chi connectivity index (χ1n) is 10.5. The fourth-order valence-corrected chi connectivity index (χ4v) is 3.76. The topological polar surface area (TPSA) is 37.3 Å². The second-order valence-corrected chi connectivity index (χ2v) is 7.76. The highest BCUT2D eigenvalue weighted by molar-refractivity contribution is 5.81. The molecule has 1 fully saturated rings. The number of benzene rings is 1.